The number of nitrogens with zero attached hydrogens (tertiary/aromatic N) is 7. The fourth-order valence-corrected chi connectivity index (χ4v) is 2.85. The topological polar surface area (TPSA) is 176 Å². The predicted octanol–water partition coefficient (Wildman–Crippen LogP) is 0.345. The number of hydrogen-bond acceptors (Lipinski definition) is 9. The van der Waals surface area contributed by atoms with Crippen molar-refractivity contribution in [3.63, 3.8) is 0 Å². The summed E-state index contributed by atoms with van der Waals surface area (Å²) >= 11 is 3.40. The molecule has 0 saturated carbocycles. The molecule has 14 nitrogen and oxygen atoms in total. The van der Waals surface area contributed by atoms with Gasteiger partial charge in [-0.05, 0) is 34.7 Å². The van der Waals surface area contributed by atoms with E-state index in [0.717, 1.165) is 15.9 Å². The van der Waals surface area contributed by atoms with Crippen LogP contribution in [0.4, 0.5) is 5.82 Å². The number of nitrogens with one attached hydrogen (secondary N) is 2. The molecule has 0 atom stereocenters. The fourth-order valence-electron chi connectivity index (χ4n) is 2.57. The molecule has 0 bridgehead atoms. The van der Waals surface area contributed by atoms with Gasteiger partial charge in [-0.25, -0.2) is 0 Å². The molecule has 0 radical (unpaired) electrons. The summed E-state index contributed by atoms with van der Waals surface area (Å²) < 4.78 is 8.58. The van der Waals surface area contributed by atoms with Crippen LogP contribution in [0.5, 0.6) is 0 Å². The first-order valence-corrected chi connectivity index (χ1v) is 9.78. The molecular formula is C16H18BrN9O5. The Morgan fingerprint density at radius 2 is 2.00 bits per heavy atom. The van der Waals surface area contributed by atoms with Crippen molar-refractivity contribution in [1.29, 1.82) is 0 Å². The summed E-state index contributed by atoms with van der Waals surface area (Å²) in [7, 11) is 0. The average molecular weight is 496 g/mol. The number of aromatic nitrogens is 6. The van der Waals surface area contributed by atoms with Crippen LogP contribution in [0.1, 0.15) is 27.9 Å². The minimum atomic E-state index is -0.624. The molecule has 0 spiro atoms. The summed E-state index contributed by atoms with van der Waals surface area (Å²) in [5.41, 5.74) is 1.64. The van der Waals surface area contributed by atoms with Crippen LogP contribution in [0.25, 0.3) is 0 Å². The second-order valence-electron chi connectivity index (χ2n) is 6.39. The minimum Gasteiger partial charge on any atom is -0.358 e. The van der Waals surface area contributed by atoms with Crippen molar-refractivity contribution in [3.8, 4) is 0 Å². The Balaban J connectivity index is 1.42. The molecule has 3 rings (SSSR count). The van der Waals surface area contributed by atoms with Crippen LogP contribution in [0, 0.1) is 24.0 Å². The van der Waals surface area contributed by atoms with E-state index in [4.69, 9.17) is 4.52 Å². The van der Waals surface area contributed by atoms with Crippen molar-refractivity contribution in [1.82, 2.24) is 40.3 Å². The average Bonchev–Trinajstić information content (AvgIpc) is 3.44. The third kappa shape index (κ3) is 5.50. The van der Waals surface area contributed by atoms with E-state index < -0.39 is 10.8 Å². The molecule has 0 fully saturated rings. The van der Waals surface area contributed by atoms with Crippen LogP contribution in [0.2, 0.25) is 0 Å². The Morgan fingerprint density at radius 3 is 2.65 bits per heavy atom. The third-order valence-corrected chi connectivity index (χ3v) is 5.25. The number of carbonyl (C=O) groups is 2. The number of halogens is 1. The molecule has 0 saturated heterocycles. The Kier molecular flexibility index (Phi) is 6.74. The van der Waals surface area contributed by atoms with Gasteiger partial charge in [0.25, 0.3) is 0 Å². The van der Waals surface area contributed by atoms with Gasteiger partial charge in [0.1, 0.15) is 13.1 Å². The molecule has 2 amide bonds. The second-order valence-corrected chi connectivity index (χ2v) is 7.19. The van der Waals surface area contributed by atoms with Gasteiger partial charge in [-0.1, -0.05) is 5.16 Å². The van der Waals surface area contributed by atoms with E-state index in [9.17, 15) is 19.7 Å². The van der Waals surface area contributed by atoms with Crippen molar-refractivity contribution in [3.05, 3.63) is 50.0 Å². The van der Waals surface area contributed by atoms with Crippen molar-refractivity contribution >= 4 is 33.6 Å². The van der Waals surface area contributed by atoms with E-state index in [1.807, 2.05) is 13.8 Å². The lowest BCUT2D eigenvalue weighted by Crippen LogP contribution is -2.36. The standard InChI is InChI=1S/C16H18BrN9O5/c1-9-14(17)10(2)25(21-9)8-13(27)18-4-5-19-15(28)16-20-11(23-31-16)7-24-6-3-12(22-24)26(29)30/h3,6H,4-5,7-8H2,1-2H3,(H,18,27)(H,19,28). The molecule has 0 aliphatic heterocycles. The van der Waals surface area contributed by atoms with Gasteiger partial charge in [-0.15, -0.1) is 0 Å². The largest absolute Gasteiger partial charge is 0.389 e. The van der Waals surface area contributed by atoms with E-state index in [1.54, 1.807) is 4.68 Å². The molecule has 0 aliphatic rings. The molecule has 164 valence electrons. The maximum atomic E-state index is 12.1. The zero-order valence-corrected chi connectivity index (χ0v) is 18.1. The van der Waals surface area contributed by atoms with E-state index in [0.29, 0.717) is 0 Å². The number of nitro groups is 1. The lowest BCUT2D eigenvalue weighted by molar-refractivity contribution is -0.389. The fraction of sp³-hybridized carbons (Fsp3) is 0.375. The molecule has 0 aromatic carbocycles. The molecule has 0 unspecified atom stereocenters. The number of carbonyl (C=O) groups excluding carboxylic acids is 2. The van der Waals surface area contributed by atoms with Crippen LogP contribution in [-0.4, -0.2) is 59.5 Å². The first kappa shape index (κ1) is 22.1. The van der Waals surface area contributed by atoms with Gasteiger partial charge in [0.2, 0.25) is 5.91 Å². The van der Waals surface area contributed by atoms with Gasteiger partial charge in [0.05, 0.1) is 33.2 Å². The van der Waals surface area contributed by atoms with Crippen LogP contribution in [0.3, 0.4) is 0 Å². The number of hydrogen-bond donors (Lipinski definition) is 2. The van der Waals surface area contributed by atoms with Gasteiger partial charge in [0.15, 0.2) is 5.82 Å². The first-order valence-electron chi connectivity index (χ1n) is 8.99. The van der Waals surface area contributed by atoms with E-state index in [-0.39, 0.29) is 49.6 Å². The van der Waals surface area contributed by atoms with Crippen LogP contribution < -0.4 is 10.6 Å². The minimum absolute atomic E-state index is 0.00309. The third-order valence-electron chi connectivity index (χ3n) is 4.10. The van der Waals surface area contributed by atoms with Crippen molar-refractivity contribution in [2.24, 2.45) is 0 Å². The summed E-state index contributed by atoms with van der Waals surface area (Å²) in [5.74, 6) is -1.31. The summed E-state index contributed by atoms with van der Waals surface area (Å²) in [5, 5.41) is 27.5. The molecule has 3 aromatic rings. The van der Waals surface area contributed by atoms with Crippen LogP contribution in [-0.2, 0) is 17.9 Å². The summed E-state index contributed by atoms with van der Waals surface area (Å²) in [6, 6.07) is 1.23. The smallest absolute Gasteiger partial charge is 0.358 e. The maximum Gasteiger partial charge on any atom is 0.389 e. The molecule has 0 aliphatic carbocycles. The zero-order valence-electron chi connectivity index (χ0n) is 16.5. The molecule has 2 N–H and O–H groups in total. The Bertz CT molecular complexity index is 1120. The highest BCUT2D eigenvalue weighted by molar-refractivity contribution is 9.10. The zero-order chi connectivity index (χ0) is 22.5. The second kappa shape index (κ2) is 9.46. The Labute approximate surface area is 183 Å². The first-order chi connectivity index (χ1) is 14.7. The predicted molar refractivity (Wildman–Crippen MR) is 107 cm³/mol. The summed E-state index contributed by atoms with van der Waals surface area (Å²) in [4.78, 5) is 38.0. The van der Waals surface area contributed by atoms with Gasteiger partial charge in [-0.2, -0.15) is 14.8 Å². The Hall–Kier alpha value is -3.62. The van der Waals surface area contributed by atoms with Crippen LogP contribution in [0.15, 0.2) is 21.3 Å². The van der Waals surface area contributed by atoms with Gasteiger partial charge < -0.3 is 25.3 Å². The number of aryl methyl sites for hydroxylation is 1. The van der Waals surface area contributed by atoms with Gasteiger partial charge in [-0.3, -0.25) is 14.3 Å². The summed E-state index contributed by atoms with van der Waals surface area (Å²) in [6.45, 7) is 4.10. The Morgan fingerprint density at radius 1 is 1.26 bits per heavy atom. The van der Waals surface area contributed by atoms with Crippen molar-refractivity contribution in [2.75, 3.05) is 13.1 Å². The van der Waals surface area contributed by atoms with Gasteiger partial charge in [0, 0.05) is 13.1 Å². The van der Waals surface area contributed by atoms with Crippen molar-refractivity contribution < 1.29 is 19.0 Å². The SMILES string of the molecule is Cc1nn(CC(=O)NCCNC(=O)c2nc(Cn3ccc([N+](=O)[O-])n3)no2)c(C)c1Br. The number of amides is 2. The quantitative estimate of drug-likeness (QED) is 0.240. The van der Waals surface area contributed by atoms with Crippen molar-refractivity contribution in [2.45, 2.75) is 26.9 Å². The molecular weight excluding hydrogens is 478 g/mol. The highest BCUT2D eigenvalue weighted by atomic mass is 79.9. The maximum absolute atomic E-state index is 12.1. The summed E-state index contributed by atoms with van der Waals surface area (Å²) in [6.07, 6.45) is 1.39. The highest BCUT2D eigenvalue weighted by Gasteiger charge is 2.18. The van der Waals surface area contributed by atoms with E-state index in [2.05, 4.69) is 46.9 Å². The molecule has 15 heteroatoms. The van der Waals surface area contributed by atoms with E-state index in [1.165, 1.54) is 16.9 Å². The lowest BCUT2D eigenvalue weighted by atomic mass is 10.4. The number of rotatable bonds is 9. The molecule has 3 aromatic heterocycles. The lowest BCUT2D eigenvalue weighted by Gasteiger charge is -2.07. The normalized spacial score (nSPS) is 10.8. The van der Waals surface area contributed by atoms with Crippen LogP contribution >= 0.6 is 15.9 Å². The highest BCUT2D eigenvalue weighted by Crippen LogP contribution is 2.19. The monoisotopic (exact) mass is 495 g/mol. The van der Waals surface area contributed by atoms with E-state index >= 15 is 0 Å². The molecule has 31 heavy (non-hydrogen) atoms. The van der Waals surface area contributed by atoms with Gasteiger partial charge >= 0.3 is 17.6 Å². The molecule has 3 heterocycles.